The van der Waals surface area contributed by atoms with Gasteiger partial charge in [0.25, 0.3) is 5.91 Å². The predicted molar refractivity (Wildman–Crippen MR) is 105 cm³/mol. The maximum absolute atomic E-state index is 11.7. The first-order chi connectivity index (χ1) is 13.2. The van der Waals surface area contributed by atoms with Crippen LogP contribution in [0.4, 0.5) is 5.82 Å². The van der Waals surface area contributed by atoms with E-state index in [4.69, 9.17) is 10.5 Å². The van der Waals surface area contributed by atoms with Gasteiger partial charge in [0, 0.05) is 38.9 Å². The second kappa shape index (κ2) is 7.96. The number of primary amides is 1. The molecular weight excluding hydrogens is 340 g/mol. The van der Waals surface area contributed by atoms with Gasteiger partial charge in [-0.05, 0) is 42.5 Å². The maximum Gasteiger partial charge on any atom is 0.252 e. The fourth-order valence-electron chi connectivity index (χ4n) is 4.07. The lowest BCUT2D eigenvalue weighted by atomic mass is 9.96. The largest absolute Gasteiger partial charge is 0.493 e. The Morgan fingerprint density at radius 1 is 1.15 bits per heavy atom. The third-order valence-electron chi connectivity index (χ3n) is 5.51. The molecule has 2 aromatic rings. The summed E-state index contributed by atoms with van der Waals surface area (Å²) in [6.45, 7) is 5.52. The predicted octanol–water partition coefficient (Wildman–Crippen LogP) is 1.94. The van der Waals surface area contributed by atoms with E-state index in [0.717, 1.165) is 57.9 Å². The molecule has 6 nitrogen and oxygen atoms in total. The number of carbonyl (C=O) groups is 1. The first-order valence-electron chi connectivity index (χ1n) is 9.63. The van der Waals surface area contributed by atoms with Crippen LogP contribution in [0.5, 0.6) is 5.75 Å². The topological polar surface area (TPSA) is 71.7 Å². The van der Waals surface area contributed by atoms with E-state index in [9.17, 15) is 4.79 Å². The molecule has 4 rings (SSSR count). The van der Waals surface area contributed by atoms with E-state index in [1.165, 1.54) is 5.56 Å². The Balaban J connectivity index is 1.36. The van der Waals surface area contributed by atoms with Crippen LogP contribution in [0.25, 0.3) is 0 Å². The van der Waals surface area contributed by atoms with E-state index in [-0.39, 0.29) is 0 Å². The summed E-state index contributed by atoms with van der Waals surface area (Å²) in [5.41, 5.74) is 7.32. The highest BCUT2D eigenvalue weighted by Crippen LogP contribution is 2.27. The summed E-state index contributed by atoms with van der Waals surface area (Å²) in [7, 11) is 0. The number of nitrogens with two attached hydrogens (primary N) is 1. The van der Waals surface area contributed by atoms with Crippen molar-refractivity contribution >= 4 is 11.7 Å². The molecule has 1 atom stereocenters. The Kier molecular flexibility index (Phi) is 5.25. The molecule has 0 radical (unpaired) electrons. The number of ether oxygens (including phenoxy) is 1. The Labute approximate surface area is 159 Å². The highest BCUT2D eigenvalue weighted by atomic mass is 16.5. The van der Waals surface area contributed by atoms with Crippen LogP contribution in [0.2, 0.25) is 0 Å². The molecule has 142 valence electrons. The summed E-state index contributed by atoms with van der Waals surface area (Å²) in [6, 6.07) is 11.9. The lowest BCUT2D eigenvalue weighted by Gasteiger charge is -2.37. The smallest absolute Gasteiger partial charge is 0.252 e. The fraction of sp³-hybridized carbons (Fsp3) is 0.429. The molecular formula is C21H26N4O2. The SMILES string of the molecule is NC(=O)c1cccnc1N1CCN(CC2CCOc3ccccc3C2)CC1. The van der Waals surface area contributed by atoms with Crippen molar-refractivity contribution in [2.45, 2.75) is 12.8 Å². The quantitative estimate of drug-likeness (QED) is 0.895. The standard InChI is InChI=1S/C21H26N4O2/c22-20(26)18-5-3-8-23-21(18)25-11-9-24(10-12-25)15-16-7-13-27-19-6-2-1-4-17(19)14-16/h1-6,8,16H,7,9-15H2,(H2,22,26). The van der Waals surface area contributed by atoms with Gasteiger partial charge < -0.3 is 15.4 Å². The van der Waals surface area contributed by atoms with Crippen LogP contribution in [-0.4, -0.2) is 55.1 Å². The van der Waals surface area contributed by atoms with Gasteiger partial charge in [0.05, 0.1) is 12.2 Å². The molecule has 2 aliphatic rings. The zero-order valence-corrected chi connectivity index (χ0v) is 15.5. The minimum absolute atomic E-state index is 0.419. The highest BCUT2D eigenvalue weighted by Gasteiger charge is 2.25. The first kappa shape index (κ1) is 17.8. The van der Waals surface area contributed by atoms with Gasteiger partial charge in [0.15, 0.2) is 0 Å². The number of aromatic nitrogens is 1. The van der Waals surface area contributed by atoms with E-state index in [1.54, 1.807) is 18.3 Å². The van der Waals surface area contributed by atoms with E-state index in [1.807, 2.05) is 6.07 Å². The Bertz CT molecular complexity index is 802. The lowest BCUT2D eigenvalue weighted by molar-refractivity contribution is 0.1000. The average Bonchev–Trinajstić information content (AvgIpc) is 2.90. The number of rotatable bonds is 4. The third kappa shape index (κ3) is 4.06. The Morgan fingerprint density at radius 2 is 1.96 bits per heavy atom. The molecule has 0 aliphatic carbocycles. The van der Waals surface area contributed by atoms with Crippen LogP contribution in [0.3, 0.4) is 0 Å². The third-order valence-corrected chi connectivity index (χ3v) is 5.51. The molecule has 0 bridgehead atoms. The summed E-state index contributed by atoms with van der Waals surface area (Å²) >= 11 is 0. The van der Waals surface area contributed by atoms with Crippen LogP contribution in [0, 0.1) is 5.92 Å². The minimum atomic E-state index is -0.419. The van der Waals surface area contributed by atoms with Crippen molar-refractivity contribution < 1.29 is 9.53 Å². The number of nitrogens with zero attached hydrogens (tertiary/aromatic N) is 3. The molecule has 1 saturated heterocycles. The number of hydrogen-bond acceptors (Lipinski definition) is 5. The molecule has 2 N–H and O–H groups in total. The van der Waals surface area contributed by atoms with E-state index >= 15 is 0 Å². The molecule has 0 spiro atoms. The summed E-state index contributed by atoms with van der Waals surface area (Å²) in [5, 5.41) is 0. The van der Waals surface area contributed by atoms with Gasteiger partial charge in [-0.25, -0.2) is 4.98 Å². The second-order valence-electron chi connectivity index (χ2n) is 7.34. The number of fused-ring (bicyclic) bond motifs is 1. The van der Waals surface area contributed by atoms with Crippen molar-refractivity contribution in [3.8, 4) is 5.75 Å². The van der Waals surface area contributed by atoms with Gasteiger partial charge in [-0.15, -0.1) is 0 Å². The van der Waals surface area contributed by atoms with Gasteiger partial charge in [-0.3, -0.25) is 9.69 Å². The van der Waals surface area contributed by atoms with Crippen LogP contribution >= 0.6 is 0 Å². The minimum Gasteiger partial charge on any atom is -0.493 e. The number of amides is 1. The lowest BCUT2D eigenvalue weighted by Crippen LogP contribution is -2.48. The molecule has 2 aliphatic heterocycles. The number of anilines is 1. The Morgan fingerprint density at radius 3 is 2.78 bits per heavy atom. The zero-order chi connectivity index (χ0) is 18.6. The van der Waals surface area contributed by atoms with Crippen molar-refractivity contribution in [3.05, 3.63) is 53.7 Å². The first-order valence-corrected chi connectivity index (χ1v) is 9.63. The molecule has 0 saturated carbocycles. The maximum atomic E-state index is 11.7. The molecule has 1 unspecified atom stereocenters. The number of carbonyl (C=O) groups excluding carboxylic acids is 1. The highest BCUT2D eigenvalue weighted by molar-refractivity contribution is 5.97. The molecule has 27 heavy (non-hydrogen) atoms. The number of piperazine rings is 1. The summed E-state index contributed by atoms with van der Waals surface area (Å²) in [4.78, 5) is 20.7. The van der Waals surface area contributed by atoms with Gasteiger partial charge in [-0.1, -0.05) is 18.2 Å². The molecule has 3 heterocycles. The summed E-state index contributed by atoms with van der Waals surface area (Å²) < 4.78 is 5.90. The fourth-order valence-corrected chi connectivity index (χ4v) is 4.07. The van der Waals surface area contributed by atoms with Crippen molar-refractivity contribution in [3.63, 3.8) is 0 Å². The molecule has 1 aromatic carbocycles. The van der Waals surface area contributed by atoms with Gasteiger partial charge in [0.2, 0.25) is 0 Å². The van der Waals surface area contributed by atoms with E-state index < -0.39 is 5.91 Å². The number of hydrogen-bond donors (Lipinski definition) is 1. The van der Waals surface area contributed by atoms with Gasteiger partial charge in [0.1, 0.15) is 11.6 Å². The monoisotopic (exact) mass is 366 g/mol. The number of para-hydroxylation sites is 1. The van der Waals surface area contributed by atoms with Crippen LogP contribution in [0.1, 0.15) is 22.3 Å². The van der Waals surface area contributed by atoms with Crippen LogP contribution in [0.15, 0.2) is 42.6 Å². The average molecular weight is 366 g/mol. The van der Waals surface area contributed by atoms with Gasteiger partial charge in [-0.2, -0.15) is 0 Å². The van der Waals surface area contributed by atoms with Crippen molar-refractivity contribution in [1.82, 2.24) is 9.88 Å². The van der Waals surface area contributed by atoms with Crippen LogP contribution < -0.4 is 15.4 Å². The number of benzene rings is 1. The summed E-state index contributed by atoms with van der Waals surface area (Å²) in [6.07, 6.45) is 3.88. The van der Waals surface area contributed by atoms with E-state index in [0.29, 0.717) is 17.3 Å². The molecule has 1 fully saturated rings. The van der Waals surface area contributed by atoms with Gasteiger partial charge >= 0.3 is 0 Å². The van der Waals surface area contributed by atoms with E-state index in [2.05, 4.69) is 33.0 Å². The normalized spacial score (nSPS) is 20.4. The second-order valence-corrected chi connectivity index (χ2v) is 7.34. The Hall–Kier alpha value is -2.60. The molecule has 6 heteroatoms. The zero-order valence-electron chi connectivity index (χ0n) is 15.5. The molecule has 1 aromatic heterocycles. The van der Waals surface area contributed by atoms with Crippen molar-refractivity contribution in [1.29, 1.82) is 0 Å². The van der Waals surface area contributed by atoms with Crippen LogP contribution in [-0.2, 0) is 6.42 Å². The summed E-state index contributed by atoms with van der Waals surface area (Å²) in [5.74, 6) is 1.94. The van der Waals surface area contributed by atoms with Crippen molar-refractivity contribution in [2.75, 3.05) is 44.2 Å². The number of pyridine rings is 1. The van der Waals surface area contributed by atoms with Crippen molar-refractivity contribution in [2.24, 2.45) is 11.7 Å². The molecule has 1 amide bonds.